The first-order valence-electron chi connectivity index (χ1n) is 8.27. The maximum Gasteiger partial charge on any atom is 0.384 e. The van der Waals surface area contributed by atoms with E-state index in [1.165, 1.54) is 6.07 Å². The summed E-state index contributed by atoms with van der Waals surface area (Å²) in [6.07, 6.45) is 0.965. The Morgan fingerprint density at radius 3 is 2.52 bits per heavy atom. The van der Waals surface area contributed by atoms with Crippen LogP contribution in [0.1, 0.15) is 28.8 Å². The zero-order valence-electron chi connectivity index (χ0n) is 14.6. The maximum absolute atomic E-state index is 13.6. The molecule has 1 radical (unpaired) electrons. The molecule has 0 aliphatic carbocycles. The fourth-order valence-electron chi connectivity index (χ4n) is 2.36. The third kappa shape index (κ3) is 6.25. The summed E-state index contributed by atoms with van der Waals surface area (Å²) >= 11 is 0. The Kier molecular flexibility index (Phi) is 7.55. The van der Waals surface area contributed by atoms with E-state index in [1.54, 1.807) is 42.5 Å². The molecule has 2 rings (SSSR count). The Bertz CT molecular complexity index is 799. The number of benzene rings is 2. The van der Waals surface area contributed by atoms with Crippen LogP contribution in [0.5, 0.6) is 5.75 Å². The topological polar surface area (TPSA) is 102 Å². The lowest BCUT2D eigenvalue weighted by Gasteiger charge is -2.10. The fourth-order valence-corrected chi connectivity index (χ4v) is 2.36. The smallest absolute Gasteiger partial charge is 0.384 e. The number of carbonyl (C=O) groups is 2. The molecule has 0 unspecified atom stereocenters. The number of primary amides is 1. The number of ether oxygens (including phenoxy) is 1. The van der Waals surface area contributed by atoms with Gasteiger partial charge in [-0.3, -0.25) is 15.0 Å². The lowest BCUT2D eigenvalue weighted by atomic mass is 9.75. The maximum atomic E-state index is 13.6. The van der Waals surface area contributed by atoms with E-state index in [0.717, 1.165) is 7.48 Å². The summed E-state index contributed by atoms with van der Waals surface area (Å²) in [7, 11) is 1.14. The second-order valence-electron chi connectivity index (χ2n) is 5.77. The minimum Gasteiger partial charge on any atom is -0.555 e. The molecule has 3 N–H and O–H groups in total. The molecule has 0 spiro atoms. The number of Topliss-reactive ketones (excluding diaryl/α,β-unsaturated/α-hetero) is 1. The molecule has 0 saturated carbocycles. The summed E-state index contributed by atoms with van der Waals surface area (Å²) in [5, 5.41) is 6.78. The van der Waals surface area contributed by atoms with Crippen LogP contribution in [-0.2, 0) is 16.1 Å². The molecule has 1 atom stereocenters. The fraction of sp³-hybridized carbons (Fsp3) is 0.211. The first-order chi connectivity index (χ1) is 13.0. The molecule has 0 fully saturated rings. The van der Waals surface area contributed by atoms with Crippen molar-refractivity contribution in [3.05, 3.63) is 65.5 Å². The van der Waals surface area contributed by atoms with Gasteiger partial charge in [-0.25, -0.2) is 4.39 Å². The van der Waals surface area contributed by atoms with Gasteiger partial charge in [0.05, 0.1) is 5.82 Å². The molecular weight excluding hydrogens is 350 g/mol. The van der Waals surface area contributed by atoms with Gasteiger partial charge in [0.15, 0.2) is 5.78 Å². The Hall–Kier alpha value is -3.16. The van der Waals surface area contributed by atoms with Crippen LogP contribution in [0.4, 0.5) is 4.39 Å². The monoisotopic (exact) mass is 369 g/mol. The van der Waals surface area contributed by atoms with Crippen molar-refractivity contribution in [2.75, 3.05) is 0 Å². The molecule has 0 aliphatic rings. The van der Waals surface area contributed by atoms with Crippen molar-refractivity contribution >= 4 is 25.6 Å². The van der Waals surface area contributed by atoms with E-state index in [4.69, 9.17) is 15.9 Å². The molecule has 1 amide bonds. The number of nitrogens with two attached hydrogens (primary N) is 1. The van der Waals surface area contributed by atoms with Crippen molar-refractivity contribution in [2.45, 2.75) is 25.3 Å². The summed E-state index contributed by atoms with van der Waals surface area (Å²) in [6.45, 7) is 0.0864. The highest BCUT2D eigenvalue weighted by molar-refractivity contribution is 6.39. The SMILES string of the molecule is N=CO[B][C@@H](CCC(=O)c1ccc(OCc2ccccc2F)cc1)C(N)=O. The van der Waals surface area contributed by atoms with Crippen LogP contribution in [0.3, 0.4) is 0 Å². The van der Waals surface area contributed by atoms with Crippen LogP contribution in [0, 0.1) is 11.2 Å². The molecule has 0 aliphatic heterocycles. The van der Waals surface area contributed by atoms with E-state index in [2.05, 4.69) is 4.65 Å². The van der Waals surface area contributed by atoms with E-state index in [0.29, 0.717) is 23.3 Å². The Labute approximate surface area is 157 Å². The molecule has 139 valence electrons. The molecular formula is C19H19BFN2O4. The number of amides is 1. The van der Waals surface area contributed by atoms with Crippen molar-refractivity contribution in [1.82, 2.24) is 0 Å². The quantitative estimate of drug-likeness (QED) is 0.275. The van der Waals surface area contributed by atoms with Gasteiger partial charge in [-0.2, -0.15) is 0 Å². The lowest BCUT2D eigenvalue weighted by molar-refractivity contribution is -0.118. The number of nitrogens with one attached hydrogen (secondary N) is 1. The van der Waals surface area contributed by atoms with Crippen LogP contribution < -0.4 is 10.5 Å². The van der Waals surface area contributed by atoms with Crippen molar-refractivity contribution in [3.63, 3.8) is 0 Å². The highest BCUT2D eigenvalue weighted by Crippen LogP contribution is 2.19. The molecule has 27 heavy (non-hydrogen) atoms. The number of carbonyl (C=O) groups excluding carboxylic acids is 2. The second-order valence-corrected chi connectivity index (χ2v) is 5.77. The molecule has 0 bridgehead atoms. The summed E-state index contributed by atoms with van der Waals surface area (Å²) in [5.74, 6) is -1.36. The van der Waals surface area contributed by atoms with E-state index < -0.39 is 11.7 Å². The van der Waals surface area contributed by atoms with E-state index >= 15 is 0 Å². The van der Waals surface area contributed by atoms with E-state index in [9.17, 15) is 14.0 Å². The Balaban J connectivity index is 1.88. The zero-order valence-corrected chi connectivity index (χ0v) is 14.6. The van der Waals surface area contributed by atoms with Crippen LogP contribution in [0.2, 0.25) is 5.82 Å². The molecule has 2 aromatic rings. The van der Waals surface area contributed by atoms with Crippen molar-refractivity contribution < 1.29 is 23.4 Å². The molecule has 2 aromatic carbocycles. The van der Waals surface area contributed by atoms with Crippen molar-refractivity contribution in [3.8, 4) is 5.75 Å². The van der Waals surface area contributed by atoms with Gasteiger partial charge in [-0.15, -0.1) is 0 Å². The molecule has 0 aromatic heterocycles. The average Bonchev–Trinajstić information content (AvgIpc) is 2.67. The molecule has 8 heteroatoms. The summed E-state index contributed by atoms with van der Waals surface area (Å²) in [4.78, 5) is 23.5. The minimum atomic E-state index is -0.751. The number of rotatable bonds is 11. The Morgan fingerprint density at radius 1 is 1.19 bits per heavy atom. The first-order valence-corrected chi connectivity index (χ1v) is 8.27. The Morgan fingerprint density at radius 2 is 1.89 bits per heavy atom. The number of hydrogen-bond acceptors (Lipinski definition) is 5. The molecule has 0 saturated heterocycles. The lowest BCUT2D eigenvalue weighted by Crippen LogP contribution is -2.25. The van der Waals surface area contributed by atoms with Gasteiger partial charge in [-0.05, 0) is 36.8 Å². The summed E-state index contributed by atoms with van der Waals surface area (Å²) < 4.78 is 23.7. The third-order valence-corrected chi connectivity index (χ3v) is 3.89. The molecule has 6 nitrogen and oxygen atoms in total. The van der Waals surface area contributed by atoms with Gasteiger partial charge in [-0.1, -0.05) is 18.2 Å². The third-order valence-electron chi connectivity index (χ3n) is 3.89. The van der Waals surface area contributed by atoms with Crippen LogP contribution in [0.15, 0.2) is 48.5 Å². The van der Waals surface area contributed by atoms with E-state index in [1.807, 2.05) is 0 Å². The normalized spacial score (nSPS) is 11.3. The summed E-state index contributed by atoms with van der Waals surface area (Å²) in [5.41, 5.74) is 6.14. The predicted octanol–water partition coefficient (Wildman–Crippen LogP) is 2.88. The zero-order chi connectivity index (χ0) is 19.6. The number of halogens is 1. The second kappa shape index (κ2) is 10.1. The highest BCUT2D eigenvalue weighted by atomic mass is 19.1. The van der Waals surface area contributed by atoms with Gasteiger partial charge < -0.3 is 15.1 Å². The molecule has 0 heterocycles. The average molecular weight is 369 g/mol. The van der Waals surface area contributed by atoms with Gasteiger partial charge in [0, 0.05) is 17.5 Å². The van der Waals surface area contributed by atoms with Gasteiger partial charge in [0.2, 0.25) is 5.91 Å². The standard InChI is InChI=1S/C19H19BFN2O4/c21-17-4-2-1-3-14(17)11-26-15-7-5-13(6-8-15)18(24)10-9-16(19(23)25)20-27-12-22/h1-8,12,16,22H,9-11H2,(H2,23,25)/t16-/m0/s1. The number of ketones is 1. The van der Waals surface area contributed by atoms with Crippen LogP contribution in [-0.4, -0.2) is 25.6 Å². The van der Waals surface area contributed by atoms with Crippen molar-refractivity contribution in [2.24, 2.45) is 5.73 Å². The minimum absolute atomic E-state index is 0.0864. The highest BCUT2D eigenvalue weighted by Gasteiger charge is 2.20. The van der Waals surface area contributed by atoms with Gasteiger partial charge in [0.1, 0.15) is 24.6 Å². The van der Waals surface area contributed by atoms with Gasteiger partial charge >= 0.3 is 7.48 Å². The van der Waals surface area contributed by atoms with E-state index in [-0.39, 0.29) is 31.0 Å². The van der Waals surface area contributed by atoms with Crippen LogP contribution >= 0.6 is 0 Å². The van der Waals surface area contributed by atoms with Gasteiger partial charge in [0.25, 0.3) is 0 Å². The summed E-state index contributed by atoms with van der Waals surface area (Å²) in [6, 6.07) is 12.8. The predicted molar refractivity (Wildman–Crippen MR) is 99.3 cm³/mol. The number of hydrogen-bond donors (Lipinski definition) is 2. The van der Waals surface area contributed by atoms with Crippen molar-refractivity contribution in [1.29, 1.82) is 5.41 Å². The largest absolute Gasteiger partial charge is 0.555 e. The van der Waals surface area contributed by atoms with Crippen LogP contribution in [0.25, 0.3) is 0 Å². The first kappa shape index (κ1) is 20.2.